The van der Waals surface area contributed by atoms with Crippen LogP contribution in [0.3, 0.4) is 0 Å². The maximum Gasteiger partial charge on any atom is 0.255 e. The van der Waals surface area contributed by atoms with Crippen LogP contribution in [0.5, 0.6) is 0 Å². The lowest BCUT2D eigenvalue weighted by Crippen LogP contribution is -2.31. The number of amides is 2. The first-order chi connectivity index (χ1) is 17.7. The van der Waals surface area contributed by atoms with Gasteiger partial charge < -0.3 is 26.2 Å². The van der Waals surface area contributed by atoms with E-state index in [0.717, 1.165) is 42.1 Å². The average molecular weight is 484 g/mol. The Balaban J connectivity index is 1.19. The lowest BCUT2D eigenvalue weighted by atomic mass is 10.0. The van der Waals surface area contributed by atoms with Gasteiger partial charge in [0.2, 0.25) is 0 Å². The Labute approximate surface area is 212 Å². The molecule has 0 unspecified atom stereocenters. The van der Waals surface area contributed by atoms with Crippen molar-refractivity contribution in [1.82, 2.24) is 10.2 Å². The lowest BCUT2D eigenvalue weighted by molar-refractivity contribution is 0.0966. The third-order valence-corrected chi connectivity index (χ3v) is 6.84. The molecule has 0 spiro atoms. The third-order valence-electron chi connectivity index (χ3n) is 6.84. The Bertz CT molecular complexity index is 1200. The van der Waals surface area contributed by atoms with Crippen molar-refractivity contribution in [2.24, 2.45) is 0 Å². The number of nitrogens with one attached hydrogen (secondary N) is 4. The quantitative estimate of drug-likeness (QED) is 0.314. The summed E-state index contributed by atoms with van der Waals surface area (Å²) in [5.74, 6) is -0.418. The first kappa shape index (κ1) is 23.9. The SMILES string of the molecule is O=C(Nc1ccc(Nc2ccccc2)c2c1C(=O)NC2)c1ccc(NCCCN2CCCCC2)cc1. The van der Waals surface area contributed by atoms with E-state index >= 15 is 0 Å². The molecule has 0 atom stereocenters. The highest BCUT2D eigenvalue weighted by molar-refractivity contribution is 6.11. The van der Waals surface area contributed by atoms with Crippen molar-refractivity contribution in [3.8, 4) is 0 Å². The Kier molecular flexibility index (Phi) is 7.47. The summed E-state index contributed by atoms with van der Waals surface area (Å²) in [6, 6.07) is 21.0. The zero-order chi connectivity index (χ0) is 24.7. The molecule has 2 aliphatic heterocycles. The van der Waals surface area contributed by atoms with Crippen LogP contribution in [-0.2, 0) is 6.54 Å². The van der Waals surface area contributed by atoms with Gasteiger partial charge in [-0.3, -0.25) is 9.59 Å². The lowest BCUT2D eigenvalue weighted by Gasteiger charge is -2.26. The molecule has 4 N–H and O–H groups in total. The van der Waals surface area contributed by atoms with E-state index in [1.54, 1.807) is 6.07 Å². The molecule has 0 bridgehead atoms. The summed E-state index contributed by atoms with van der Waals surface area (Å²) >= 11 is 0. The Morgan fingerprint density at radius 2 is 1.61 bits per heavy atom. The molecular weight excluding hydrogens is 450 g/mol. The number of fused-ring (bicyclic) bond motifs is 1. The second-order valence-electron chi connectivity index (χ2n) is 9.40. The molecule has 0 saturated carbocycles. The summed E-state index contributed by atoms with van der Waals surface area (Å²) < 4.78 is 0. The minimum atomic E-state index is -0.239. The number of hydrogen-bond acceptors (Lipinski definition) is 5. The summed E-state index contributed by atoms with van der Waals surface area (Å²) in [6.45, 7) is 4.91. The fourth-order valence-electron chi connectivity index (χ4n) is 4.90. The van der Waals surface area contributed by atoms with E-state index in [1.165, 1.54) is 32.4 Å². The largest absolute Gasteiger partial charge is 0.385 e. The first-order valence-electron chi connectivity index (χ1n) is 12.8. The van der Waals surface area contributed by atoms with Crippen LogP contribution in [0.15, 0.2) is 66.7 Å². The van der Waals surface area contributed by atoms with E-state index in [-0.39, 0.29) is 11.8 Å². The van der Waals surface area contributed by atoms with Gasteiger partial charge in [0.25, 0.3) is 11.8 Å². The van der Waals surface area contributed by atoms with Gasteiger partial charge in [0, 0.05) is 41.3 Å². The maximum absolute atomic E-state index is 13.0. The van der Waals surface area contributed by atoms with E-state index in [9.17, 15) is 9.59 Å². The van der Waals surface area contributed by atoms with Crippen molar-refractivity contribution in [2.75, 3.05) is 42.1 Å². The molecule has 1 saturated heterocycles. The van der Waals surface area contributed by atoms with Gasteiger partial charge in [-0.05, 0) is 87.4 Å². The number of carbonyl (C=O) groups is 2. The minimum absolute atomic E-state index is 0.180. The van der Waals surface area contributed by atoms with Crippen LogP contribution in [0.25, 0.3) is 0 Å². The molecule has 186 valence electrons. The van der Waals surface area contributed by atoms with Crippen LogP contribution in [0.4, 0.5) is 22.7 Å². The molecule has 3 aromatic carbocycles. The van der Waals surface area contributed by atoms with Gasteiger partial charge in [-0.1, -0.05) is 24.6 Å². The maximum atomic E-state index is 13.0. The number of carbonyl (C=O) groups excluding carboxylic acids is 2. The van der Waals surface area contributed by atoms with Crippen LogP contribution >= 0.6 is 0 Å². The highest BCUT2D eigenvalue weighted by Crippen LogP contribution is 2.33. The molecule has 0 aromatic heterocycles. The third kappa shape index (κ3) is 5.69. The van der Waals surface area contributed by atoms with E-state index in [4.69, 9.17) is 0 Å². The van der Waals surface area contributed by atoms with Crippen LogP contribution in [0.1, 0.15) is 52.0 Å². The van der Waals surface area contributed by atoms with Crippen LogP contribution in [0, 0.1) is 0 Å². The van der Waals surface area contributed by atoms with E-state index < -0.39 is 0 Å². The first-order valence-corrected chi connectivity index (χ1v) is 12.8. The number of nitrogens with zero attached hydrogens (tertiary/aromatic N) is 1. The van der Waals surface area contributed by atoms with E-state index in [2.05, 4.69) is 26.2 Å². The summed E-state index contributed by atoms with van der Waals surface area (Å²) in [5.41, 5.74) is 5.22. The Morgan fingerprint density at radius 1 is 0.861 bits per heavy atom. The minimum Gasteiger partial charge on any atom is -0.385 e. The van der Waals surface area contributed by atoms with Gasteiger partial charge in [0.05, 0.1) is 11.3 Å². The second-order valence-corrected chi connectivity index (χ2v) is 9.40. The second kappa shape index (κ2) is 11.3. The van der Waals surface area contributed by atoms with Crippen molar-refractivity contribution in [3.05, 3.63) is 83.4 Å². The predicted molar refractivity (Wildman–Crippen MR) is 145 cm³/mol. The van der Waals surface area contributed by atoms with Gasteiger partial charge >= 0.3 is 0 Å². The zero-order valence-corrected chi connectivity index (χ0v) is 20.5. The molecule has 5 rings (SSSR count). The Morgan fingerprint density at radius 3 is 2.39 bits per heavy atom. The smallest absolute Gasteiger partial charge is 0.255 e. The number of benzene rings is 3. The number of rotatable bonds is 9. The van der Waals surface area contributed by atoms with Crippen LogP contribution in [0.2, 0.25) is 0 Å². The topological polar surface area (TPSA) is 85.5 Å². The summed E-state index contributed by atoms with van der Waals surface area (Å²) in [7, 11) is 0. The highest BCUT2D eigenvalue weighted by Gasteiger charge is 2.26. The molecular formula is C29H33N5O2. The van der Waals surface area contributed by atoms with Gasteiger partial charge in [-0.15, -0.1) is 0 Å². The number of anilines is 4. The van der Waals surface area contributed by atoms with Crippen molar-refractivity contribution in [2.45, 2.75) is 32.2 Å². The van der Waals surface area contributed by atoms with Gasteiger partial charge in [0.1, 0.15) is 0 Å². The van der Waals surface area contributed by atoms with Gasteiger partial charge in [-0.25, -0.2) is 0 Å². The fraction of sp³-hybridized carbons (Fsp3) is 0.310. The molecule has 0 radical (unpaired) electrons. The molecule has 36 heavy (non-hydrogen) atoms. The molecule has 2 heterocycles. The molecule has 0 aliphatic carbocycles. The average Bonchev–Trinajstić information content (AvgIpc) is 3.32. The summed E-state index contributed by atoms with van der Waals surface area (Å²) in [5, 5.41) is 12.6. The van der Waals surface area contributed by atoms with Crippen molar-refractivity contribution < 1.29 is 9.59 Å². The van der Waals surface area contributed by atoms with E-state index in [0.29, 0.717) is 23.4 Å². The zero-order valence-electron chi connectivity index (χ0n) is 20.5. The molecule has 7 heteroatoms. The van der Waals surface area contributed by atoms with Crippen LogP contribution in [-0.4, -0.2) is 42.9 Å². The van der Waals surface area contributed by atoms with Crippen molar-refractivity contribution >= 4 is 34.6 Å². The van der Waals surface area contributed by atoms with Gasteiger partial charge in [-0.2, -0.15) is 0 Å². The number of likely N-dealkylation sites (tertiary alicyclic amines) is 1. The predicted octanol–water partition coefficient (Wildman–Crippen LogP) is 5.21. The highest BCUT2D eigenvalue weighted by atomic mass is 16.2. The molecule has 3 aromatic rings. The standard InChI is InChI=1S/C29H33N5O2/c35-28(21-10-12-22(13-11-21)30-16-7-19-34-17-5-2-6-18-34)33-26-15-14-25(24-20-31-29(36)27(24)26)32-23-8-3-1-4-9-23/h1,3-4,8-15,30,32H,2,5-7,16-20H2,(H,31,36)(H,33,35). The molecule has 7 nitrogen and oxygen atoms in total. The summed E-state index contributed by atoms with van der Waals surface area (Å²) in [4.78, 5) is 28.1. The number of piperidine rings is 1. The van der Waals surface area contributed by atoms with Gasteiger partial charge in [0.15, 0.2) is 0 Å². The normalized spacial score (nSPS) is 15.2. The van der Waals surface area contributed by atoms with Crippen molar-refractivity contribution in [3.63, 3.8) is 0 Å². The number of hydrogen-bond donors (Lipinski definition) is 4. The number of para-hydroxylation sites is 1. The summed E-state index contributed by atoms with van der Waals surface area (Å²) in [6.07, 6.45) is 5.10. The fourth-order valence-corrected chi connectivity index (χ4v) is 4.90. The molecule has 1 fully saturated rings. The molecule has 2 aliphatic rings. The van der Waals surface area contributed by atoms with Crippen molar-refractivity contribution in [1.29, 1.82) is 0 Å². The van der Waals surface area contributed by atoms with Crippen LogP contribution < -0.4 is 21.3 Å². The monoisotopic (exact) mass is 483 g/mol. The Hall–Kier alpha value is -3.84. The molecule has 2 amide bonds. The van der Waals surface area contributed by atoms with E-state index in [1.807, 2.05) is 60.7 Å².